The van der Waals surface area contributed by atoms with Crippen molar-refractivity contribution in [1.82, 2.24) is 14.9 Å². The fraction of sp³-hybridized carbons (Fsp3) is 0.333. The molecule has 1 atom stereocenters. The Labute approximate surface area is 182 Å². The molecule has 164 valence electrons. The van der Waals surface area contributed by atoms with Crippen molar-refractivity contribution < 1.29 is 14.6 Å². The number of hydrogen-bond donors (Lipinski definition) is 2. The second-order valence-corrected chi connectivity index (χ2v) is 7.33. The van der Waals surface area contributed by atoms with Gasteiger partial charge < -0.3 is 24.5 Å². The zero-order valence-electron chi connectivity index (χ0n) is 18.2. The Kier molecular flexibility index (Phi) is 7.81. The van der Waals surface area contributed by atoms with Crippen molar-refractivity contribution in [2.24, 2.45) is 0 Å². The molecule has 0 amide bonds. The maximum absolute atomic E-state index is 11.9. The standard InChI is InChI=1S/C24H29N3O4/c1-17-13-23(29)26-24(19-7-5-4-6-8-19)27(17)16-20(28)15-25-12-11-18-9-10-21(30-2)22(14-18)31-3/h4-10,13-14,20,25,28H,11-12,15-16H2,1-3H3/t20-/m0/s1. The minimum Gasteiger partial charge on any atom is -0.493 e. The smallest absolute Gasteiger partial charge is 0.273 e. The molecule has 0 aliphatic carbocycles. The molecule has 7 nitrogen and oxygen atoms in total. The number of aliphatic hydroxyl groups is 1. The summed E-state index contributed by atoms with van der Waals surface area (Å²) in [5.74, 6) is 1.97. The largest absolute Gasteiger partial charge is 0.493 e. The van der Waals surface area contributed by atoms with Crippen LogP contribution in [0.5, 0.6) is 11.5 Å². The molecule has 1 aromatic heterocycles. The lowest BCUT2D eigenvalue weighted by Gasteiger charge is -2.19. The maximum atomic E-state index is 11.9. The topological polar surface area (TPSA) is 85.6 Å². The van der Waals surface area contributed by atoms with Gasteiger partial charge in [-0.25, -0.2) is 0 Å². The lowest BCUT2D eigenvalue weighted by Crippen LogP contribution is -2.33. The van der Waals surface area contributed by atoms with Crippen molar-refractivity contribution in [2.45, 2.75) is 26.0 Å². The van der Waals surface area contributed by atoms with E-state index in [4.69, 9.17) is 9.47 Å². The van der Waals surface area contributed by atoms with Gasteiger partial charge in [0.05, 0.1) is 26.9 Å². The molecule has 0 aliphatic heterocycles. The van der Waals surface area contributed by atoms with Crippen LogP contribution in [0.15, 0.2) is 59.4 Å². The monoisotopic (exact) mass is 423 g/mol. The zero-order valence-corrected chi connectivity index (χ0v) is 18.2. The van der Waals surface area contributed by atoms with Crippen LogP contribution in [0.2, 0.25) is 0 Å². The van der Waals surface area contributed by atoms with Crippen molar-refractivity contribution in [1.29, 1.82) is 0 Å². The lowest BCUT2D eigenvalue weighted by atomic mass is 10.1. The fourth-order valence-electron chi connectivity index (χ4n) is 3.47. The predicted octanol–water partition coefficient (Wildman–Crippen LogP) is 2.43. The zero-order chi connectivity index (χ0) is 22.2. The van der Waals surface area contributed by atoms with Crippen LogP contribution >= 0.6 is 0 Å². The number of nitrogens with one attached hydrogen (secondary N) is 1. The minimum absolute atomic E-state index is 0.282. The van der Waals surface area contributed by atoms with E-state index < -0.39 is 6.10 Å². The fourth-order valence-corrected chi connectivity index (χ4v) is 3.47. The van der Waals surface area contributed by atoms with E-state index in [1.807, 2.05) is 60.0 Å². The van der Waals surface area contributed by atoms with Gasteiger partial charge in [0.1, 0.15) is 5.82 Å². The molecule has 0 unspecified atom stereocenters. The van der Waals surface area contributed by atoms with Gasteiger partial charge in [-0.2, -0.15) is 4.98 Å². The molecule has 0 fully saturated rings. The lowest BCUT2D eigenvalue weighted by molar-refractivity contribution is 0.151. The van der Waals surface area contributed by atoms with Crippen molar-refractivity contribution in [3.05, 3.63) is 76.2 Å². The molecular formula is C24H29N3O4. The van der Waals surface area contributed by atoms with Gasteiger partial charge in [-0.05, 0) is 37.6 Å². The first-order chi connectivity index (χ1) is 15.0. The maximum Gasteiger partial charge on any atom is 0.273 e. The van der Waals surface area contributed by atoms with Gasteiger partial charge in [0, 0.05) is 23.9 Å². The summed E-state index contributed by atoms with van der Waals surface area (Å²) in [4.78, 5) is 16.1. The van der Waals surface area contributed by atoms with Gasteiger partial charge in [0.2, 0.25) is 0 Å². The molecule has 31 heavy (non-hydrogen) atoms. The van der Waals surface area contributed by atoms with E-state index in [0.717, 1.165) is 23.2 Å². The number of nitrogens with zero attached hydrogens (tertiary/aromatic N) is 2. The average molecular weight is 424 g/mol. The molecule has 3 aromatic rings. The number of methoxy groups -OCH3 is 2. The number of benzene rings is 2. The SMILES string of the molecule is COc1ccc(CCNC[C@H](O)Cn2c(C)cc(=O)nc2-c2ccccc2)cc1OC. The number of rotatable bonds is 10. The third-order valence-corrected chi connectivity index (χ3v) is 5.07. The van der Waals surface area contributed by atoms with Crippen molar-refractivity contribution in [3.8, 4) is 22.9 Å². The highest BCUT2D eigenvalue weighted by Gasteiger charge is 2.13. The molecule has 7 heteroatoms. The molecule has 1 heterocycles. The molecule has 0 saturated heterocycles. The molecule has 2 aromatic carbocycles. The van der Waals surface area contributed by atoms with Crippen LogP contribution in [0.1, 0.15) is 11.3 Å². The quantitative estimate of drug-likeness (QED) is 0.487. The predicted molar refractivity (Wildman–Crippen MR) is 121 cm³/mol. The second-order valence-electron chi connectivity index (χ2n) is 7.33. The van der Waals surface area contributed by atoms with E-state index in [-0.39, 0.29) is 5.56 Å². The van der Waals surface area contributed by atoms with Crippen molar-refractivity contribution in [2.75, 3.05) is 27.3 Å². The van der Waals surface area contributed by atoms with Crippen LogP contribution in [0.4, 0.5) is 0 Å². The summed E-state index contributed by atoms with van der Waals surface area (Å²) in [6.07, 6.45) is 0.164. The summed E-state index contributed by atoms with van der Waals surface area (Å²) in [7, 11) is 3.23. The summed E-state index contributed by atoms with van der Waals surface area (Å²) in [5, 5.41) is 13.9. The van der Waals surface area contributed by atoms with Gasteiger partial charge >= 0.3 is 0 Å². The highest BCUT2D eigenvalue weighted by Crippen LogP contribution is 2.27. The van der Waals surface area contributed by atoms with Crippen LogP contribution in [0, 0.1) is 6.92 Å². The number of aromatic nitrogens is 2. The van der Waals surface area contributed by atoms with E-state index >= 15 is 0 Å². The molecule has 0 bridgehead atoms. The second kappa shape index (κ2) is 10.7. The Bertz CT molecular complexity index is 1050. The van der Waals surface area contributed by atoms with Gasteiger partial charge in [-0.1, -0.05) is 36.4 Å². The van der Waals surface area contributed by atoms with E-state index in [0.29, 0.717) is 37.0 Å². The Morgan fingerprint density at radius 3 is 2.52 bits per heavy atom. The number of aliphatic hydroxyl groups excluding tert-OH is 1. The Balaban J connectivity index is 1.59. The van der Waals surface area contributed by atoms with Crippen LogP contribution in [-0.2, 0) is 13.0 Å². The van der Waals surface area contributed by atoms with Crippen molar-refractivity contribution in [3.63, 3.8) is 0 Å². The summed E-state index contributed by atoms with van der Waals surface area (Å²) < 4.78 is 12.5. The molecule has 0 aliphatic rings. The van der Waals surface area contributed by atoms with E-state index in [1.165, 1.54) is 6.07 Å². The Morgan fingerprint density at radius 1 is 1.06 bits per heavy atom. The molecule has 2 N–H and O–H groups in total. The minimum atomic E-state index is -0.629. The molecule has 0 radical (unpaired) electrons. The third-order valence-electron chi connectivity index (χ3n) is 5.07. The number of ether oxygens (including phenoxy) is 2. The molecule has 0 saturated carbocycles. The van der Waals surface area contributed by atoms with Crippen molar-refractivity contribution >= 4 is 0 Å². The molecule has 0 spiro atoms. The highest BCUT2D eigenvalue weighted by molar-refractivity contribution is 5.55. The van der Waals surface area contributed by atoms with Crippen LogP contribution in [0.25, 0.3) is 11.4 Å². The summed E-state index contributed by atoms with van der Waals surface area (Å²) in [6, 6.07) is 16.9. The Hall–Kier alpha value is -3.16. The summed E-state index contributed by atoms with van der Waals surface area (Å²) >= 11 is 0. The first-order valence-electron chi connectivity index (χ1n) is 10.3. The highest BCUT2D eigenvalue weighted by atomic mass is 16.5. The summed E-state index contributed by atoms with van der Waals surface area (Å²) in [5.41, 5.74) is 2.45. The van der Waals surface area contributed by atoms with Crippen LogP contribution in [0.3, 0.4) is 0 Å². The van der Waals surface area contributed by atoms with Crippen LogP contribution in [-0.4, -0.2) is 48.1 Å². The Morgan fingerprint density at radius 2 is 1.81 bits per heavy atom. The first-order valence-corrected chi connectivity index (χ1v) is 10.3. The van der Waals surface area contributed by atoms with E-state index in [9.17, 15) is 9.90 Å². The van der Waals surface area contributed by atoms with Gasteiger partial charge in [0.15, 0.2) is 11.5 Å². The molecule has 3 rings (SSSR count). The summed E-state index contributed by atoms with van der Waals surface area (Å²) in [6.45, 7) is 3.33. The normalized spacial score (nSPS) is 11.9. The first kappa shape index (κ1) is 22.5. The number of hydrogen-bond acceptors (Lipinski definition) is 6. The van der Waals surface area contributed by atoms with Gasteiger partial charge in [0.25, 0.3) is 5.56 Å². The average Bonchev–Trinajstić information content (AvgIpc) is 2.78. The van der Waals surface area contributed by atoms with E-state index in [1.54, 1.807) is 14.2 Å². The van der Waals surface area contributed by atoms with Gasteiger partial charge in [-0.15, -0.1) is 0 Å². The third kappa shape index (κ3) is 5.93. The molecular weight excluding hydrogens is 394 g/mol. The number of aryl methyl sites for hydroxylation is 1. The van der Waals surface area contributed by atoms with Gasteiger partial charge in [-0.3, -0.25) is 4.79 Å². The van der Waals surface area contributed by atoms with Crippen LogP contribution < -0.4 is 20.3 Å². The van der Waals surface area contributed by atoms with E-state index in [2.05, 4.69) is 10.3 Å².